The summed E-state index contributed by atoms with van der Waals surface area (Å²) >= 11 is 1.27. The third-order valence-electron chi connectivity index (χ3n) is 2.63. The summed E-state index contributed by atoms with van der Waals surface area (Å²) in [6, 6.07) is -0.170. The average Bonchev–Trinajstić information content (AvgIpc) is 2.98. The number of rotatable bonds is 5. The van der Waals surface area contributed by atoms with Gasteiger partial charge in [-0.25, -0.2) is 0 Å². The molecular weight excluding hydrogens is 250 g/mol. The average molecular weight is 267 g/mol. The first-order chi connectivity index (χ1) is 8.63. The third kappa shape index (κ3) is 2.56. The SMILES string of the molecule is CCCC(N)c1noc(-c2snnc2C(C)C)n1. The second kappa shape index (κ2) is 5.53. The number of nitrogens with two attached hydrogens (primary N) is 1. The van der Waals surface area contributed by atoms with E-state index in [0.717, 1.165) is 23.4 Å². The quantitative estimate of drug-likeness (QED) is 0.895. The lowest BCUT2D eigenvalue weighted by Gasteiger charge is -2.02. The van der Waals surface area contributed by atoms with Gasteiger partial charge in [0.2, 0.25) is 0 Å². The van der Waals surface area contributed by atoms with E-state index in [1.165, 1.54) is 11.5 Å². The lowest BCUT2D eigenvalue weighted by molar-refractivity contribution is 0.413. The van der Waals surface area contributed by atoms with Crippen molar-refractivity contribution in [1.82, 2.24) is 19.7 Å². The van der Waals surface area contributed by atoms with Crippen LogP contribution in [0.1, 0.15) is 57.1 Å². The first-order valence-corrected chi connectivity index (χ1v) is 6.82. The highest BCUT2D eigenvalue weighted by atomic mass is 32.1. The molecule has 18 heavy (non-hydrogen) atoms. The molecule has 0 aliphatic carbocycles. The molecule has 0 saturated heterocycles. The van der Waals surface area contributed by atoms with E-state index in [2.05, 4.69) is 40.5 Å². The maximum Gasteiger partial charge on any atom is 0.271 e. The van der Waals surface area contributed by atoms with Gasteiger partial charge in [-0.3, -0.25) is 0 Å². The highest BCUT2D eigenvalue weighted by molar-refractivity contribution is 7.09. The molecule has 7 heteroatoms. The van der Waals surface area contributed by atoms with Crippen molar-refractivity contribution < 1.29 is 4.52 Å². The van der Waals surface area contributed by atoms with Gasteiger partial charge in [-0.2, -0.15) is 4.98 Å². The van der Waals surface area contributed by atoms with Gasteiger partial charge >= 0.3 is 0 Å². The Morgan fingerprint density at radius 1 is 1.39 bits per heavy atom. The van der Waals surface area contributed by atoms with Gasteiger partial charge < -0.3 is 10.3 Å². The van der Waals surface area contributed by atoms with Crippen molar-refractivity contribution in [1.29, 1.82) is 0 Å². The first kappa shape index (κ1) is 13.1. The summed E-state index contributed by atoms with van der Waals surface area (Å²) in [5.74, 6) is 1.30. The standard InChI is InChI=1S/C11H17N5OS/c1-4-5-7(12)10-13-11(17-15-10)9-8(6(2)3)14-16-18-9/h6-7H,4-5,12H2,1-3H3. The zero-order valence-corrected chi connectivity index (χ0v) is 11.6. The van der Waals surface area contributed by atoms with Crippen LogP contribution in [0, 0.1) is 0 Å². The lowest BCUT2D eigenvalue weighted by atomic mass is 10.1. The second-order valence-electron chi connectivity index (χ2n) is 4.49. The largest absolute Gasteiger partial charge is 0.333 e. The van der Waals surface area contributed by atoms with Crippen LogP contribution >= 0.6 is 11.5 Å². The molecule has 0 saturated carbocycles. The van der Waals surface area contributed by atoms with E-state index < -0.39 is 0 Å². The molecule has 2 N–H and O–H groups in total. The van der Waals surface area contributed by atoms with Crippen molar-refractivity contribution in [3.8, 4) is 10.8 Å². The molecule has 2 aromatic rings. The van der Waals surface area contributed by atoms with Crippen LogP contribution in [0.25, 0.3) is 10.8 Å². The van der Waals surface area contributed by atoms with Crippen LogP contribution in [-0.2, 0) is 0 Å². The van der Waals surface area contributed by atoms with Crippen LogP contribution in [0.4, 0.5) is 0 Å². The van der Waals surface area contributed by atoms with E-state index in [1.807, 2.05) is 0 Å². The molecule has 1 unspecified atom stereocenters. The van der Waals surface area contributed by atoms with Crippen LogP contribution in [0.3, 0.4) is 0 Å². The zero-order valence-electron chi connectivity index (χ0n) is 10.8. The second-order valence-corrected chi connectivity index (χ2v) is 5.25. The molecule has 0 aliphatic rings. The Morgan fingerprint density at radius 3 is 2.83 bits per heavy atom. The molecule has 1 atom stereocenters. The summed E-state index contributed by atoms with van der Waals surface area (Å²) in [4.78, 5) is 5.18. The maximum absolute atomic E-state index is 5.96. The van der Waals surface area contributed by atoms with E-state index in [1.54, 1.807) is 0 Å². The summed E-state index contributed by atoms with van der Waals surface area (Å²) in [5.41, 5.74) is 6.85. The molecule has 2 rings (SSSR count). The van der Waals surface area contributed by atoms with E-state index in [4.69, 9.17) is 10.3 Å². The third-order valence-corrected chi connectivity index (χ3v) is 3.36. The van der Waals surface area contributed by atoms with Crippen molar-refractivity contribution in [2.75, 3.05) is 0 Å². The molecule has 2 aromatic heterocycles. The fraction of sp³-hybridized carbons (Fsp3) is 0.636. The lowest BCUT2D eigenvalue weighted by Crippen LogP contribution is -2.11. The number of hydrogen-bond donors (Lipinski definition) is 1. The molecule has 2 heterocycles. The minimum atomic E-state index is -0.170. The minimum Gasteiger partial charge on any atom is -0.333 e. The zero-order chi connectivity index (χ0) is 13.1. The Balaban J connectivity index is 2.26. The molecule has 6 nitrogen and oxygen atoms in total. The number of nitrogens with zero attached hydrogens (tertiary/aromatic N) is 4. The van der Waals surface area contributed by atoms with E-state index in [9.17, 15) is 0 Å². The van der Waals surface area contributed by atoms with Gasteiger partial charge in [0.1, 0.15) is 4.88 Å². The molecule has 0 spiro atoms. The summed E-state index contributed by atoms with van der Waals surface area (Å²) in [6.45, 7) is 6.19. The Bertz CT molecular complexity index is 507. The van der Waals surface area contributed by atoms with Crippen LogP contribution in [0.5, 0.6) is 0 Å². The summed E-state index contributed by atoms with van der Waals surface area (Å²) < 4.78 is 9.20. The van der Waals surface area contributed by atoms with Gasteiger partial charge in [-0.15, -0.1) is 5.10 Å². The Morgan fingerprint density at radius 2 is 2.17 bits per heavy atom. The minimum absolute atomic E-state index is 0.170. The molecule has 98 valence electrons. The fourth-order valence-electron chi connectivity index (χ4n) is 1.64. The Hall–Kier alpha value is -1.34. The molecule has 0 aliphatic heterocycles. The fourth-order valence-corrected chi connectivity index (χ4v) is 2.38. The van der Waals surface area contributed by atoms with Crippen LogP contribution < -0.4 is 5.73 Å². The predicted molar refractivity (Wildman–Crippen MR) is 69.1 cm³/mol. The Labute approximate surface area is 110 Å². The van der Waals surface area contributed by atoms with Crippen LogP contribution in [-0.4, -0.2) is 19.7 Å². The van der Waals surface area contributed by atoms with Crippen molar-refractivity contribution in [3.05, 3.63) is 11.5 Å². The van der Waals surface area contributed by atoms with Gasteiger partial charge in [0.15, 0.2) is 5.82 Å². The molecule has 0 fully saturated rings. The van der Waals surface area contributed by atoms with E-state index >= 15 is 0 Å². The summed E-state index contributed by atoms with van der Waals surface area (Å²) in [6.07, 6.45) is 1.83. The normalized spacial score (nSPS) is 13.2. The Kier molecular flexibility index (Phi) is 4.03. The van der Waals surface area contributed by atoms with Crippen molar-refractivity contribution >= 4 is 11.5 Å². The predicted octanol–water partition coefficient (Wildman–Crippen LogP) is 2.51. The first-order valence-electron chi connectivity index (χ1n) is 6.05. The highest BCUT2D eigenvalue weighted by Gasteiger charge is 2.21. The summed E-state index contributed by atoms with van der Waals surface area (Å²) in [7, 11) is 0. The van der Waals surface area contributed by atoms with Crippen LogP contribution in [0.2, 0.25) is 0 Å². The number of hydrogen-bond acceptors (Lipinski definition) is 7. The van der Waals surface area contributed by atoms with Gasteiger partial charge in [0.25, 0.3) is 5.89 Å². The van der Waals surface area contributed by atoms with Gasteiger partial charge in [0, 0.05) is 0 Å². The topological polar surface area (TPSA) is 90.7 Å². The molecule has 0 amide bonds. The monoisotopic (exact) mass is 267 g/mol. The van der Waals surface area contributed by atoms with Gasteiger partial charge in [0.05, 0.1) is 11.7 Å². The van der Waals surface area contributed by atoms with Crippen LogP contribution in [0.15, 0.2) is 4.52 Å². The molecular formula is C11H17N5OS. The highest BCUT2D eigenvalue weighted by Crippen LogP contribution is 2.30. The van der Waals surface area contributed by atoms with E-state index in [0.29, 0.717) is 11.7 Å². The smallest absolute Gasteiger partial charge is 0.271 e. The maximum atomic E-state index is 5.96. The van der Waals surface area contributed by atoms with E-state index in [-0.39, 0.29) is 12.0 Å². The molecule has 0 aromatic carbocycles. The molecule has 0 radical (unpaired) electrons. The number of aromatic nitrogens is 4. The van der Waals surface area contributed by atoms with Crippen molar-refractivity contribution in [3.63, 3.8) is 0 Å². The van der Waals surface area contributed by atoms with Crippen molar-refractivity contribution in [2.45, 2.75) is 45.6 Å². The van der Waals surface area contributed by atoms with Gasteiger partial charge in [-0.1, -0.05) is 36.8 Å². The summed E-state index contributed by atoms with van der Waals surface area (Å²) in [5, 5.41) is 8.02. The molecule has 0 bridgehead atoms. The van der Waals surface area contributed by atoms with Gasteiger partial charge in [-0.05, 0) is 23.9 Å². The van der Waals surface area contributed by atoms with Crippen molar-refractivity contribution in [2.24, 2.45) is 5.73 Å².